The summed E-state index contributed by atoms with van der Waals surface area (Å²) in [6.45, 7) is 0.549. The first-order valence-corrected chi connectivity index (χ1v) is 6.99. The van der Waals surface area contributed by atoms with Crippen molar-refractivity contribution >= 4 is 47.5 Å². The summed E-state index contributed by atoms with van der Waals surface area (Å²) in [6, 6.07) is 4.19. The monoisotopic (exact) mass is 338 g/mol. The normalized spacial score (nSPS) is 17.9. The van der Waals surface area contributed by atoms with Gasteiger partial charge in [-0.3, -0.25) is 4.90 Å². The van der Waals surface area contributed by atoms with Crippen LogP contribution in [0.25, 0.3) is 0 Å². The van der Waals surface area contributed by atoms with Gasteiger partial charge in [0.15, 0.2) is 10.9 Å². The summed E-state index contributed by atoms with van der Waals surface area (Å²) >= 11 is 4.69. The second-order valence-electron chi connectivity index (χ2n) is 4.54. The Kier molecular flexibility index (Phi) is 5.41. The highest BCUT2D eigenvalue weighted by atomic mass is 32.1. The topological polar surface area (TPSA) is 118 Å². The molecule has 2 rings (SSSR count). The number of nitrogens with zero attached hydrogens (tertiary/aromatic N) is 3. The number of nitrogens with two attached hydrogens (primary N) is 2. The van der Waals surface area contributed by atoms with E-state index in [1.165, 1.54) is 17.0 Å². The van der Waals surface area contributed by atoms with E-state index < -0.39 is 18.0 Å². The summed E-state index contributed by atoms with van der Waals surface area (Å²) in [7, 11) is 0. The fourth-order valence-electron chi connectivity index (χ4n) is 1.96. The molecule has 1 heterocycles. The zero-order valence-electron chi connectivity index (χ0n) is 12.0. The number of amides is 1. The van der Waals surface area contributed by atoms with Crippen LogP contribution in [0.1, 0.15) is 0 Å². The van der Waals surface area contributed by atoms with Crippen molar-refractivity contribution in [2.45, 2.75) is 6.10 Å². The van der Waals surface area contributed by atoms with Crippen molar-refractivity contribution in [1.29, 1.82) is 0 Å². The van der Waals surface area contributed by atoms with Gasteiger partial charge < -0.3 is 21.5 Å². The van der Waals surface area contributed by atoms with Crippen LogP contribution < -0.4 is 21.7 Å². The molecule has 0 saturated carbocycles. The van der Waals surface area contributed by atoms with Crippen molar-refractivity contribution in [3.8, 4) is 0 Å². The molecule has 1 aromatic carbocycles. The predicted molar refractivity (Wildman–Crippen MR) is 89.6 cm³/mol. The Balaban J connectivity index is 2.08. The maximum absolute atomic E-state index is 14.0. The number of ether oxygens (including phenoxy) is 1. The number of benzene rings is 1. The van der Waals surface area contributed by atoms with Crippen LogP contribution in [0.4, 0.5) is 20.6 Å². The average Bonchev–Trinajstić information content (AvgIpc) is 2.88. The van der Waals surface area contributed by atoms with Crippen molar-refractivity contribution in [1.82, 2.24) is 5.32 Å². The molecular weight excluding hydrogens is 323 g/mol. The zero-order chi connectivity index (χ0) is 16.8. The van der Waals surface area contributed by atoms with E-state index in [4.69, 9.17) is 16.2 Å². The number of hydrogen-bond acceptors (Lipinski definition) is 4. The van der Waals surface area contributed by atoms with Crippen LogP contribution in [0.5, 0.6) is 0 Å². The molecular formula is C13H15FN6O2S. The Morgan fingerprint density at radius 2 is 2.39 bits per heavy atom. The van der Waals surface area contributed by atoms with E-state index in [9.17, 15) is 9.18 Å². The molecule has 0 spiro atoms. The lowest BCUT2D eigenvalue weighted by molar-refractivity contribution is 0.143. The minimum atomic E-state index is -0.594. The van der Waals surface area contributed by atoms with Gasteiger partial charge in [-0.1, -0.05) is 0 Å². The van der Waals surface area contributed by atoms with E-state index in [-0.39, 0.29) is 17.3 Å². The van der Waals surface area contributed by atoms with Gasteiger partial charge in [0.2, 0.25) is 0 Å². The molecule has 5 N–H and O–H groups in total. The van der Waals surface area contributed by atoms with Crippen molar-refractivity contribution in [3.05, 3.63) is 24.0 Å². The van der Waals surface area contributed by atoms with Gasteiger partial charge in [0, 0.05) is 0 Å². The molecule has 10 heteroatoms. The van der Waals surface area contributed by atoms with Crippen LogP contribution in [0.2, 0.25) is 0 Å². The Labute approximate surface area is 137 Å². The van der Waals surface area contributed by atoms with Crippen LogP contribution in [0.3, 0.4) is 0 Å². The Morgan fingerprint density at radius 1 is 1.61 bits per heavy atom. The van der Waals surface area contributed by atoms with E-state index in [0.29, 0.717) is 12.2 Å². The molecule has 1 atom stereocenters. The Morgan fingerprint density at radius 3 is 3.04 bits per heavy atom. The first-order chi connectivity index (χ1) is 11.0. The molecule has 8 nitrogen and oxygen atoms in total. The van der Waals surface area contributed by atoms with Gasteiger partial charge >= 0.3 is 6.09 Å². The van der Waals surface area contributed by atoms with Crippen LogP contribution in [0.15, 0.2) is 28.2 Å². The van der Waals surface area contributed by atoms with Crippen LogP contribution >= 0.6 is 12.2 Å². The molecule has 0 unspecified atom stereocenters. The summed E-state index contributed by atoms with van der Waals surface area (Å²) in [5.74, 6) is -0.594. The van der Waals surface area contributed by atoms with Gasteiger partial charge in [-0.15, -0.1) is 0 Å². The summed E-state index contributed by atoms with van der Waals surface area (Å²) in [5, 5.41) is 2.84. The van der Waals surface area contributed by atoms with Crippen LogP contribution in [-0.4, -0.2) is 43.1 Å². The first kappa shape index (κ1) is 16.6. The highest BCUT2D eigenvalue weighted by molar-refractivity contribution is 7.80. The van der Waals surface area contributed by atoms with Crippen molar-refractivity contribution < 1.29 is 13.9 Å². The van der Waals surface area contributed by atoms with Crippen molar-refractivity contribution in [2.75, 3.05) is 18.0 Å². The summed E-state index contributed by atoms with van der Waals surface area (Å²) in [6.07, 6.45) is 1.17. The molecule has 1 aromatic rings. The number of carbonyl (C=O) groups excluding carboxylic acids is 1. The number of anilines is 1. The molecule has 1 aliphatic rings. The van der Waals surface area contributed by atoms with Gasteiger partial charge in [0.05, 0.1) is 25.1 Å². The molecule has 0 radical (unpaired) electrons. The zero-order valence-corrected chi connectivity index (χ0v) is 12.8. The molecule has 0 bridgehead atoms. The second-order valence-corrected chi connectivity index (χ2v) is 4.98. The third kappa shape index (κ3) is 4.36. The highest BCUT2D eigenvalue weighted by Crippen LogP contribution is 2.27. The highest BCUT2D eigenvalue weighted by Gasteiger charge is 2.32. The maximum atomic E-state index is 14.0. The second kappa shape index (κ2) is 7.49. The number of rotatable bonds is 5. The summed E-state index contributed by atoms with van der Waals surface area (Å²) < 4.78 is 19.1. The lowest BCUT2D eigenvalue weighted by atomic mass is 10.2. The van der Waals surface area contributed by atoms with Crippen molar-refractivity contribution in [3.63, 3.8) is 0 Å². The van der Waals surface area contributed by atoms with E-state index >= 15 is 0 Å². The number of thiocarbonyl (C=S) groups is 1. The SMILES string of the molecule is NC=NC=Nc1ccc(N2C[C@H](CNC(N)=S)OC2=O)cc1F. The Hall–Kier alpha value is -2.75. The molecule has 122 valence electrons. The van der Waals surface area contributed by atoms with Crippen molar-refractivity contribution in [2.24, 2.45) is 21.5 Å². The number of halogens is 1. The lowest BCUT2D eigenvalue weighted by Gasteiger charge is -2.13. The first-order valence-electron chi connectivity index (χ1n) is 6.58. The van der Waals surface area contributed by atoms with Crippen LogP contribution in [-0.2, 0) is 4.74 Å². The van der Waals surface area contributed by atoms with Crippen LogP contribution in [0, 0.1) is 5.82 Å². The van der Waals surface area contributed by atoms with Gasteiger partial charge in [-0.25, -0.2) is 19.2 Å². The van der Waals surface area contributed by atoms with E-state index in [2.05, 4.69) is 27.5 Å². The molecule has 1 aliphatic heterocycles. The molecule has 1 amide bonds. The number of hydrogen-bond donors (Lipinski definition) is 3. The molecule has 1 fully saturated rings. The summed E-state index contributed by atoms with van der Waals surface area (Å²) in [5.41, 5.74) is 10.8. The number of carbonyl (C=O) groups is 1. The van der Waals surface area contributed by atoms with Gasteiger partial charge in [0.1, 0.15) is 18.1 Å². The minimum absolute atomic E-state index is 0.0820. The molecule has 1 saturated heterocycles. The number of cyclic esters (lactones) is 1. The average molecular weight is 338 g/mol. The number of aliphatic imine (C=N–C) groups is 2. The molecule has 0 aliphatic carbocycles. The maximum Gasteiger partial charge on any atom is 0.414 e. The van der Waals surface area contributed by atoms with E-state index in [0.717, 1.165) is 12.7 Å². The van der Waals surface area contributed by atoms with E-state index in [1.54, 1.807) is 6.07 Å². The van der Waals surface area contributed by atoms with Gasteiger partial charge in [-0.2, -0.15) is 0 Å². The lowest BCUT2D eigenvalue weighted by Crippen LogP contribution is -2.37. The molecule has 23 heavy (non-hydrogen) atoms. The van der Waals surface area contributed by atoms with Gasteiger partial charge in [0.25, 0.3) is 0 Å². The largest absolute Gasteiger partial charge is 0.442 e. The Bertz CT molecular complexity index is 666. The predicted octanol–water partition coefficient (Wildman–Crippen LogP) is 0.631. The molecule has 0 aromatic heterocycles. The quantitative estimate of drug-likeness (QED) is 0.412. The third-order valence-electron chi connectivity index (χ3n) is 2.97. The smallest absolute Gasteiger partial charge is 0.414 e. The van der Waals surface area contributed by atoms with E-state index in [1.807, 2.05) is 0 Å². The minimum Gasteiger partial charge on any atom is -0.442 e. The fourth-order valence-corrected chi connectivity index (χ4v) is 2.04. The summed E-state index contributed by atoms with van der Waals surface area (Å²) in [4.78, 5) is 20.5. The number of nitrogens with one attached hydrogen (secondary N) is 1. The third-order valence-corrected chi connectivity index (χ3v) is 3.11. The standard InChI is InChI=1S/C13H15FN6O2S/c14-10-3-8(1-2-11(10)19-7-17-6-15)20-5-9(22-13(20)21)4-18-12(16)23/h1-3,6-7,9H,4-5H2,(H2,15,17,19)(H3,16,18,23)/t9-/m0/s1. The fraction of sp³-hybridized carbons (Fsp3) is 0.231. The van der Waals surface area contributed by atoms with Gasteiger partial charge in [-0.05, 0) is 30.4 Å².